The van der Waals surface area contributed by atoms with Crippen molar-refractivity contribution in [1.82, 2.24) is 20.2 Å². The van der Waals surface area contributed by atoms with Gasteiger partial charge in [0, 0.05) is 38.9 Å². The molecule has 24 heavy (non-hydrogen) atoms. The average molecular weight is 326 g/mol. The van der Waals surface area contributed by atoms with Crippen molar-refractivity contribution >= 4 is 11.6 Å². The van der Waals surface area contributed by atoms with Gasteiger partial charge in [0.1, 0.15) is 12.4 Å². The third-order valence-electron chi connectivity index (χ3n) is 4.64. The molecule has 7 heteroatoms. The van der Waals surface area contributed by atoms with E-state index in [2.05, 4.69) is 36.4 Å². The predicted octanol–water partition coefficient (Wildman–Crippen LogP) is 1.45. The van der Waals surface area contributed by atoms with E-state index < -0.39 is 0 Å². The van der Waals surface area contributed by atoms with Crippen molar-refractivity contribution in [2.45, 2.75) is 25.9 Å². The molecule has 7 nitrogen and oxygen atoms in total. The van der Waals surface area contributed by atoms with Gasteiger partial charge in [-0.05, 0) is 37.0 Å². The zero-order valence-electron chi connectivity index (χ0n) is 13.9. The van der Waals surface area contributed by atoms with Crippen molar-refractivity contribution in [1.29, 1.82) is 0 Å². The van der Waals surface area contributed by atoms with Gasteiger partial charge in [0.25, 0.3) is 0 Å². The number of nitrogens with one attached hydrogen (secondary N) is 1. The molecule has 126 valence electrons. The van der Waals surface area contributed by atoms with Crippen LogP contribution in [0.2, 0.25) is 0 Å². The maximum atomic E-state index is 5.06. The van der Waals surface area contributed by atoms with Crippen LogP contribution in [0.1, 0.15) is 23.5 Å². The summed E-state index contributed by atoms with van der Waals surface area (Å²) in [5.74, 6) is 3.18. The number of ether oxygens (including phenoxy) is 1. The average Bonchev–Trinajstić information content (AvgIpc) is 3.02. The second-order valence-electron chi connectivity index (χ2n) is 6.47. The number of fused-ring (bicyclic) bond motifs is 1. The van der Waals surface area contributed by atoms with Crippen molar-refractivity contribution in [2.24, 2.45) is 5.92 Å². The number of aryl methyl sites for hydroxylation is 2. The van der Waals surface area contributed by atoms with E-state index >= 15 is 0 Å². The Balaban J connectivity index is 1.28. The van der Waals surface area contributed by atoms with Gasteiger partial charge in [0.15, 0.2) is 11.6 Å². The molecule has 4 rings (SSSR count). The predicted molar refractivity (Wildman–Crippen MR) is 91.0 cm³/mol. The fraction of sp³-hybridized carbons (Fsp3) is 0.529. The van der Waals surface area contributed by atoms with Gasteiger partial charge in [0.05, 0.1) is 5.69 Å². The number of rotatable bonds is 6. The molecule has 0 spiro atoms. The molecule has 1 aliphatic carbocycles. The minimum Gasteiger partial charge on any atom is -0.377 e. The summed E-state index contributed by atoms with van der Waals surface area (Å²) in [6, 6.07) is 4.11. The lowest BCUT2D eigenvalue weighted by molar-refractivity contribution is 0.178. The van der Waals surface area contributed by atoms with Gasteiger partial charge < -0.3 is 15.0 Å². The molecule has 1 N–H and O–H groups in total. The van der Waals surface area contributed by atoms with Crippen molar-refractivity contribution in [3.8, 4) is 0 Å². The summed E-state index contributed by atoms with van der Waals surface area (Å²) < 4.78 is 5.06. The summed E-state index contributed by atoms with van der Waals surface area (Å²) in [5, 5.41) is 12.1. The second-order valence-corrected chi connectivity index (χ2v) is 6.47. The van der Waals surface area contributed by atoms with E-state index in [0.29, 0.717) is 18.3 Å². The highest BCUT2D eigenvalue weighted by molar-refractivity contribution is 5.45. The highest BCUT2D eigenvalue weighted by Crippen LogP contribution is 2.27. The second kappa shape index (κ2) is 6.68. The Labute approximate surface area is 141 Å². The number of hydrogen-bond acceptors (Lipinski definition) is 7. The Morgan fingerprint density at radius 3 is 3.08 bits per heavy atom. The number of methoxy groups -OCH3 is 1. The Morgan fingerprint density at radius 2 is 2.21 bits per heavy atom. The van der Waals surface area contributed by atoms with Crippen LogP contribution >= 0.6 is 0 Å². The molecule has 0 radical (unpaired) electrons. The van der Waals surface area contributed by atoms with Gasteiger partial charge in [-0.1, -0.05) is 0 Å². The topological polar surface area (TPSA) is 76.1 Å². The zero-order valence-corrected chi connectivity index (χ0v) is 13.9. The minimum absolute atomic E-state index is 0.434. The smallest absolute Gasteiger partial charge is 0.156 e. The lowest BCUT2D eigenvalue weighted by Gasteiger charge is -2.40. The van der Waals surface area contributed by atoms with Crippen LogP contribution in [0.25, 0.3) is 0 Å². The Morgan fingerprint density at radius 1 is 1.29 bits per heavy atom. The molecule has 0 saturated carbocycles. The highest BCUT2D eigenvalue weighted by Gasteiger charge is 2.28. The Kier molecular flexibility index (Phi) is 4.25. The van der Waals surface area contributed by atoms with Crippen LogP contribution in [0.3, 0.4) is 0 Å². The highest BCUT2D eigenvalue weighted by atomic mass is 16.5. The van der Waals surface area contributed by atoms with Crippen LogP contribution in [0.15, 0.2) is 18.3 Å². The van der Waals surface area contributed by atoms with Crippen LogP contribution in [-0.4, -0.2) is 46.9 Å². The molecule has 0 amide bonds. The summed E-state index contributed by atoms with van der Waals surface area (Å²) in [6.45, 7) is 3.36. The standard InChI is InChI=1S/C17H22N6O/c1-24-11-16-18-6-5-15(20-16)19-8-12-9-23(10-12)17-7-13-3-2-4-14(13)21-22-17/h5-7,12H,2-4,8-11H2,1H3,(H,18,19,20). The molecule has 2 aromatic heterocycles. The summed E-state index contributed by atoms with van der Waals surface area (Å²) in [7, 11) is 1.65. The molecule has 1 fully saturated rings. The SMILES string of the molecule is COCc1nccc(NCC2CN(c3cc4c(nn3)CCC4)C2)n1. The lowest BCUT2D eigenvalue weighted by atomic mass is 10.00. The molecule has 0 bridgehead atoms. The summed E-state index contributed by atoms with van der Waals surface area (Å²) in [5.41, 5.74) is 2.57. The van der Waals surface area contributed by atoms with E-state index in [-0.39, 0.29) is 0 Å². The monoisotopic (exact) mass is 326 g/mol. The van der Waals surface area contributed by atoms with Gasteiger partial charge in [-0.15, -0.1) is 5.10 Å². The van der Waals surface area contributed by atoms with Gasteiger partial charge >= 0.3 is 0 Å². The molecule has 1 saturated heterocycles. The Bertz CT molecular complexity index is 716. The third-order valence-corrected chi connectivity index (χ3v) is 4.64. The number of nitrogens with zero attached hydrogens (tertiary/aromatic N) is 5. The number of anilines is 2. The summed E-state index contributed by atoms with van der Waals surface area (Å²) >= 11 is 0. The van der Waals surface area contributed by atoms with Crippen molar-refractivity contribution < 1.29 is 4.74 Å². The van der Waals surface area contributed by atoms with Crippen molar-refractivity contribution in [3.05, 3.63) is 35.4 Å². The van der Waals surface area contributed by atoms with Crippen LogP contribution in [0.5, 0.6) is 0 Å². The Hall–Kier alpha value is -2.28. The van der Waals surface area contributed by atoms with Crippen LogP contribution in [0.4, 0.5) is 11.6 Å². The lowest BCUT2D eigenvalue weighted by Crippen LogP contribution is -2.50. The molecular weight excluding hydrogens is 304 g/mol. The van der Waals surface area contributed by atoms with Gasteiger partial charge in [-0.3, -0.25) is 0 Å². The summed E-state index contributed by atoms with van der Waals surface area (Å²) in [6.07, 6.45) is 5.20. The molecule has 0 unspecified atom stereocenters. The van der Waals surface area contributed by atoms with Crippen LogP contribution < -0.4 is 10.2 Å². The first-order valence-electron chi connectivity index (χ1n) is 8.47. The first-order valence-corrected chi connectivity index (χ1v) is 8.47. The summed E-state index contributed by atoms with van der Waals surface area (Å²) in [4.78, 5) is 10.9. The fourth-order valence-corrected chi connectivity index (χ4v) is 3.30. The zero-order chi connectivity index (χ0) is 16.4. The normalized spacial score (nSPS) is 16.8. The molecule has 0 atom stereocenters. The van der Waals surface area contributed by atoms with Crippen molar-refractivity contribution in [2.75, 3.05) is 37.0 Å². The molecular formula is C17H22N6O. The number of hydrogen-bond donors (Lipinski definition) is 1. The molecule has 3 heterocycles. The van der Waals surface area contributed by atoms with E-state index in [1.54, 1.807) is 13.3 Å². The first kappa shape index (κ1) is 15.3. The van der Waals surface area contributed by atoms with E-state index in [0.717, 1.165) is 44.1 Å². The van der Waals surface area contributed by atoms with Crippen molar-refractivity contribution in [3.63, 3.8) is 0 Å². The molecule has 0 aromatic carbocycles. The number of aromatic nitrogens is 4. The maximum Gasteiger partial charge on any atom is 0.156 e. The first-order chi connectivity index (χ1) is 11.8. The van der Waals surface area contributed by atoms with E-state index in [4.69, 9.17) is 4.74 Å². The van der Waals surface area contributed by atoms with E-state index in [1.165, 1.54) is 17.7 Å². The quantitative estimate of drug-likeness (QED) is 0.861. The molecule has 2 aliphatic rings. The van der Waals surface area contributed by atoms with E-state index in [9.17, 15) is 0 Å². The molecule has 2 aromatic rings. The largest absolute Gasteiger partial charge is 0.377 e. The van der Waals surface area contributed by atoms with Crippen LogP contribution in [-0.2, 0) is 24.2 Å². The van der Waals surface area contributed by atoms with E-state index in [1.807, 2.05) is 6.07 Å². The van der Waals surface area contributed by atoms with Gasteiger partial charge in [-0.25, -0.2) is 9.97 Å². The maximum absolute atomic E-state index is 5.06. The molecule has 1 aliphatic heterocycles. The minimum atomic E-state index is 0.434. The van der Waals surface area contributed by atoms with Crippen LogP contribution in [0, 0.1) is 5.92 Å². The van der Waals surface area contributed by atoms with Gasteiger partial charge in [0.2, 0.25) is 0 Å². The van der Waals surface area contributed by atoms with Gasteiger partial charge in [-0.2, -0.15) is 5.10 Å². The third kappa shape index (κ3) is 3.17. The fourth-order valence-electron chi connectivity index (χ4n) is 3.30.